The highest BCUT2D eigenvalue weighted by Gasteiger charge is 2.36. The molecule has 0 heterocycles. The third-order valence-electron chi connectivity index (χ3n) is 3.98. The normalized spacial score (nSPS) is 12.3. The van der Waals surface area contributed by atoms with Gasteiger partial charge in [-0.2, -0.15) is 0 Å². The molecular formula is C14H31N3OSi. The van der Waals surface area contributed by atoms with Crippen LogP contribution in [-0.2, 0) is 4.43 Å². The van der Waals surface area contributed by atoms with E-state index in [4.69, 9.17) is 9.96 Å². The van der Waals surface area contributed by atoms with Crippen LogP contribution in [0.1, 0.15) is 59.3 Å². The van der Waals surface area contributed by atoms with Crippen molar-refractivity contribution in [3.8, 4) is 0 Å². The van der Waals surface area contributed by atoms with Gasteiger partial charge in [-0.3, -0.25) is 0 Å². The first-order valence-corrected chi connectivity index (χ1v) is 10.4. The van der Waals surface area contributed by atoms with Crippen LogP contribution in [0.25, 0.3) is 10.4 Å². The molecule has 0 aliphatic heterocycles. The van der Waals surface area contributed by atoms with Crippen molar-refractivity contribution in [3.05, 3.63) is 10.4 Å². The first-order valence-electron chi connectivity index (χ1n) is 7.46. The van der Waals surface area contributed by atoms with E-state index in [1.165, 1.54) is 32.1 Å². The zero-order chi connectivity index (χ0) is 14.8. The fraction of sp³-hybridized carbons (Fsp3) is 1.00. The lowest BCUT2D eigenvalue weighted by atomic mass is 10.1. The molecule has 4 nitrogen and oxygen atoms in total. The molecule has 0 aliphatic rings. The fourth-order valence-electron chi connectivity index (χ4n) is 1.58. The molecule has 0 amide bonds. The molecule has 0 aliphatic carbocycles. The van der Waals surface area contributed by atoms with Gasteiger partial charge in [0.05, 0.1) is 0 Å². The third-order valence-corrected chi connectivity index (χ3v) is 8.52. The summed E-state index contributed by atoms with van der Waals surface area (Å²) >= 11 is 0. The molecule has 0 radical (unpaired) electrons. The van der Waals surface area contributed by atoms with Gasteiger partial charge in [-0.15, -0.1) is 0 Å². The van der Waals surface area contributed by atoms with Gasteiger partial charge in [0.15, 0.2) is 8.32 Å². The van der Waals surface area contributed by atoms with Crippen LogP contribution in [0, 0.1) is 0 Å². The Morgan fingerprint density at radius 1 is 1.00 bits per heavy atom. The zero-order valence-corrected chi connectivity index (χ0v) is 14.4. The van der Waals surface area contributed by atoms with Crippen molar-refractivity contribution in [3.63, 3.8) is 0 Å². The van der Waals surface area contributed by atoms with Crippen LogP contribution in [0.2, 0.25) is 18.1 Å². The van der Waals surface area contributed by atoms with E-state index in [2.05, 4.69) is 43.9 Å². The summed E-state index contributed by atoms with van der Waals surface area (Å²) in [7, 11) is -1.54. The molecule has 19 heavy (non-hydrogen) atoms. The lowest BCUT2D eigenvalue weighted by Crippen LogP contribution is -2.40. The van der Waals surface area contributed by atoms with Gasteiger partial charge < -0.3 is 4.43 Å². The van der Waals surface area contributed by atoms with Crippen molar-refractivity contribution >= 4 is 8.32 Å². The molecule has 0 atom stereocenters. The highest BCUT2D eigenvalue weighted by atomic mass is 28.4. The minimum atomic E-state index is -1.54. The van der Waals surface area contributed by atoms with E-state index in [1.807, 2.05) is 0 Å². The Morgan fingerprint density at radius 2 is 1.53 bits per heavy atom. The number of rotatable bonds is 10. The van der Waals surface area contributed by atoms with Crippen molar-refractivity contribution in [1.82, 2.24) is 0 Å². The Balaban J connectivity index is 3.43. The minimum absolute atomic E-state index is 0.314. The van der Waals surface area contributed by atoms with Gasteiger partial charge >= 0.3 is 0 Å². The lowest BCUT2D eigenvalue weighted by molar-refractivity contribution is 0.277. The summed E-state index contributed by atoms with van der Waals surface area (Å²) in [5, 5.41) is 3.85. The van der Waals surface area contributed by atoms with Crippen LogP contribution in [0.5, 0.6) is 0 Å². The van der Waals surface area contributed by atoms with Gasteiger partial charge in [-0.1, -0.05) is 51.6 Å². The summed E-state index contributed by atoms with van der Waals surface area (Å²) < 4.78 is 6.14. The topological polar surface area (TPSA) is 58.0 Å². The molecule has 0 bridgehead atoms. The monoisotopic (exact) mass is 285 g/mol. The van der Waals surface area contributed by atoms with E-state index < -0.39 is 8.32 Å². The van der Waals surface area contributed by atoms with Gasteiger partial charge in [0.2, 0.25) is 0 Å². The first kappa shape index (κ1) is 18.5. The maximum absolute atomic E-state index is 8.14. The Kier molecular flexibility index (Phi) is 9.15. The number of hydrogen-bond donors (Lipinski definition) is 0. The van der Waals surface area contributed by atoms with Crippen LogP contribution >= 0.6 is 0 Å². The summed E-state index contributed by atoms with van der Waals surface area (Å²) in [6, 6.07) is 0. The van der Waals surface area contributed by atoms with Gasteiger partial charge in [0, 0.05) is 18.1 Å². The quantitative estimate of drug-likeness (QED) is 0.168. The van der Waals surface area contributed by atoms with Crippen LogP contribution in [-0.4, -0.2) is 21.5 Å². The predicted octanol–water partition coefficient (Wildman–Crippen LogP) is 5.66. The van der Waals surface area contributed by atoms with Crippen molar-refractivity contribution in [2.45, 2.75) is 77.4 Å². The number of hydrogen-bond acceptors (Lipinski definition) is 2. The fourth-order valence-corrected chi connectivity index (χ4v) is 2.67. The summed E-state index contributed by atoms with van der Waals surface area (Å²) in [5.74, 6) is 0. The second-order valence-corrected chi connectivity index (χ2v) is 11.5. The number of azide groups is 1. The van der Waals surface area contributed by atoms with E-state index in [1.54, 1.807) is 0 Å². The Labute approximate surface area is 119 Å². The number of unbranched alkanes of at least 4 members (excludes halogenated alkanes) is 5. The smallest absolute Gasteiger partial charge is 0.191 e. The third kappa shape index (κ3) is 9.08. The first-order chi connectivity index (χ1) is 8.81. The molecular weight excluding hydrogens is 254 g/mol. The van der Waals surface area contributed by atoms with Crippen molar-refractivity contribution in [2.24, 2.45) is 5.11 Å². The molecule has 0 rings (SSSR count). The van der Waals surface area contributed by atoms with Gasteiger partial charge in [-0.05, 0) is 36.5 Å². The lowest BCUT2D eigenvalue weighted by Gasteiger charge is -2.36. The zero-order valence-electron chi connectivity index (χ0n) is 13.4. The molecule has 112 valence electrons. The van der Waals surface area contributed by atoms with E-state index in [9.17, 15) is 0 Å². The second-order valence-electron chi connectivity index (χ2n) is 6.68. The van der Waals surface area contributed by atoms with Gasteiger partial charge in [0.25, 0.3) is 0 Å². The van der Waals surface area contributed by atoms with Gasteiger partial charge in [0.1, 0.15) is 0 Å². The maximum atomic E-state index is 8.14. The molecule has 0 unspecified atom stereocenters. The van der Waals surface area contributed by atoms with Crippen LogP contribution in [0.15, 0.2) is 5.11 Å². The summed E-state index contributed by atoms with van der Waals surface area (Å²) in [6.07, 6.45) is 7.10. The van der Waals surface area contributed by atoms with Crippen LogP contribution in [0.4, 0.5) is 0 Å². The number of nitrogens with zero attached hydrogens (tertiary/aromatic N) is 3. The van der Waals surface area contributed by atoms with Crippen molar-refractivity contribution < 1.29 is 4.43 Å². The Morgan fingerprint density at radius 3 is 2.05 bits per heavy atom. The van der Waals surface area contributed by atoms with Crippen LogP contribution < -0.4 is 0 Å². The molecule has 0 spiro atoms. The molecule has 0 aromatic rings. The van der Waals surface area contributed by atoms with E-state index in [0.717, 1.165) is 13.0 Å². The molecule has 0 fully saturated rings. The highest BCUT2D eigenvalue weighted by Crippen LogP contribution is 2.36. The second kappa shape index (κ2) is 9.40. The molecule has 0 aromatic heterocycles. The van der Waals surface area contributed by atoms with Crippen molar-refractivity contribution in [1.29, 1.82) is 0 Å². The molecule has 0 saturated carbocycles. The largest absolute Gasteiger partial charge is 0.417 e. The standard InChI is InChI=1S/C14H31N3OSi/c1-14(2,3)19(4,5)18-13-11-9-7-6-8-10-12-16-17-15/h6-13H2,1-5H3. The summed E-state index contributed by atoms with van der Waals surface area (Å²) in [5.41, 5.74) is 8.14. The molecule has 0 saturated heterocycles. The van der Waals surface area contributed by atoms with E-state index in [0.29, 0.717) is 11.6 Å². The maximum Gasteiger partial charge on any atom is 0.191 e. The van der Waals surface area contributed by atoms with Gasteiger partial charge in [-0.25, -0.2) is 0 Å². The van der Waals surface area contributed by atoms with Crippen LogP contribution in [0.3, 0.4) is 0 Å². The average Bonchev–Trinajstić information content (AvgIpc) is 2.30. The molecule has 0 N–H and O–H groups in total. The summed E-state index contributed by atoms with van der Waals surface area (Å²) in [4.78, 5) is 2.75. The highest BCUT2D eigenvalue weighted by molar-refractivity contribution is 6.74. The van der Waals surface area contributed by atoms with E-state index in [-0.39, 0.29) is 0 Å². The molecule has 0 aromatic carbocycles. The Hall–Kier alpha value is -0.513. The minimum Gasteiger partial charge on any atom is -0.417 e. The average molecular weight is 286 g/mol. The molecule has 5 heteroatoms. The summed E-state index contributed by atoms with van der Waals surface area (Å²) in [6.45, 7) is 13.0. The predicted molar refractivity (Wildman–Crippen MR) is 84.9 cm³/mol. The van der Waals surface area contributed by atoms with Crippen molar-refractivity contribution in [2.75, 3.05) is 13.2 Å². The SMILES string of the molecule is CC(C)(C)[Si](C)(C)OCCCCCCCCN=[N+]=[N-]. The Bertz CT molecular complexity index is 281. The van der Waals surface area contributed by atoms with E-state index >= 15 is 0 Å².